The molecule has 0 fully saturated rings. The molecule has 1 aromatic heterocycles. The van der Waals surface area contributed by atoms with Crippen LogP contribution in [0, 0.1) is 0 Å². The number of ether oxygens (including phenoxy) is 2. The minimum Gasteiger partial charge on any atom is -0.479 e. The van der Waals surface area contributed by atoms with Crippen LogP contribution < -0.4 is 9.47 Å². The van der Waals surface area contributed by atoms with Crippen LogP contribution in [-0.4, -0.2) is 35.9 Å². The molecule has 0 radical (unpaired) electrons. The molecule has 10 heteroatoms. The zero-order chi connectivity index (χ0) is 19.9. The van der Waals surface area contributed by atoms with Crippen LogP contribution in [0.25, 0.3) is 0 Å². The Morgan fingerprint density at radius 3 is 1.54 bits per heavy atom. The third kappa shape index (κ3) is 5.49. The van der Waals surface area contributed by atoms with E-state index in [1.165, 1.54) is 54.1 Å². The first-order valence-corrected chi connectivity index (χ1v) is 14.4. The predicted molar refractivity (Wildman–Crippen MR) is 131 cm³/mol. The fourth-order valence-electron chi connectivity index (χ4n) is 2.26. The summed E-state index contributed by atoms with van der Waals surface area (Å²) in [6.45, 7) is 4.50. The Balaban J connectivity index is 1.79. The summed E-state index contributed by atoms with van der Waals surface area (Å²) in [6, 6.07) is 0. The molecule has 4 nitrogen and oxygen atoms in total. The van der Waals surface area contributed by atoms with Gasteiger partial charge in [-0.05, 0) is 24.3 Å². The van der Waals surface area contributed by atoms with E-state index in [0.29, 0.717) is 11.8 Å². The molecule has 3 rings (SSSR count). The van der Waals surface area contributed by atoms with E-state index < -0.39 is 0 Å². The molecule has 154 valence electrons. The summed E-state index contributed by atoms with van der Waals surface area (Å²) >= 11 is 11.3. The molecule has 0 aliphatic carbocycles. The van der Waals surface area contributed by atoms with Crippen molar-refractivity contribution in [1.29, 1.82) is 0 Å². The molecule has 0 atom stereocenters. The molecule has 0 unspecified atom stereocenters. The average Bonchev–Trinajstić information content (AvgIpc) is 3.32. The predicted octanol–water partition coefficient (Wildman–Crippen LogP) is 7.49. The Labute approximate surface area is 193 Å². The lowest BCUT2D eigenvalue weighted by atomic mass is 10.4. The van der Waals surface area contributed by atoms with E-state index >= 15 is 0 Å². The zero-order valence-electron chi connectivity index (χ0n) is 16.4. The summed E-state index contributed by atoms with van der Waals surface area (Å²) in [4.78, 5) is 2.02. The quantitative estimate of drug-likeness (QED) is 0.307. The van der Waals surface area contributed by atoms with Crippen LogP contribution in [0.15, 0.2) is 26.7 Å². The van der Waals surface area contributed by atoms with E-state index in [9.17, 15) is 0 Å². The zero-order valence-corrected chi connectivity index (χ0v) is 21.3. The van der Waals surface area contributed by atoms with Gasteiger partial charge in [0.05, 0.1) is 41.0 Å². The van der Waals surface area contributed by atoms with Crippen molar-refractivity contribution in [2.45, 2.75) is 49.3 Å². The van der Waals surface area contributed by atoms with Gasteiger partial charge in [0, 0.05) is 0 Å². The molecular formula is C18H24N2O2S6. The highest BCUT2D eigenvalue weighted by Crippen LogP contribution is 2.65. The lowest BCUT2D eigenvalue weighted by Crippen LogP contribution is -1.97. The minimum atomic E-state index is 0.569. The van der Waals surface area contributed by atoms with Gasteiger partial charge in [-0.15, -0.1) is 33.7 Å². The van der Waals surface area contributed by atoms with Crippen molar-refractivity contribution in [2.24, 2.45) is 0 Å². The van der Waals surface area contributed by atoms with Crippen molar-refractivity contribution in [2.75, 3.05) is 25.7 Å². The van der Waals surface area contributed by atoms with Gasteiger partial charge in [0.2, 0.25) is 11.8 Å². The number of fused-ring (bicyclic) bond motifs is 1. The van der Waals surface area contributed by atoms with Crippen molar-refractivity contribution < 1.29 is 9.47 Å². The van der Waals surface area contributed by atoms with Gasteiger partial charge < -0.3 is 9.47 Å². The summed E-state index contributed by atoms with van der Waals surface area (Å²) < 4.78 is 16.4. The molecule has 0 amide bonds. The Kier molecular flexibility index (Phi) is 9.50. The number of rotatable bonds is 10. The number of aromatic nitrogens is 2. The smallest absolute Gasteiger partial charge is 0.248 e. The first-order valence-electron chi connectivity index (χ1n) is 9.15. The summed E-state index contributed by atoms with van der Waals surface area (Å²) in [5.41, 5.74) is 0. The highest BCUT2D eigenvalue weighted by Gasteiger charge is 2.33. The maximum Gasteiger partial charge on any atom is 0.248 e. The van der Waals surface area contributed by atoms with E-state index in [-0.39, 0.29) is 0 Å². The largest absolute Gasteiger partial charge is 0.479 e. The summed E-state index contributed by atoms with van der Waals surface area (Å²) in [5, 5.41) is 8.29. The van der Waals surface area contributed by atoms with E-state index in [1.807, 2.05) is 47.0 Å². The second-order valence-corrected chi connectivity index (χ2v) is 13.2. The van der Waals surface area contributed by atoms with E-state index in [0.717, 1.165) is 9.79 Å². The maximum atomic E-state index is 5.42. The molecule has 0 saturated heterocycles. The summed E-state index contributed by atoms with van der Waals surface area (Å²) in [7, 11) is 3.28. The van der Waals surface area contributed by atoms with Gasteiger partial charge >= 0.3 is 0 Å². The second kappa shape index (κ2) is 11.6. The highest BCUT2D eigenvalue weighted by atomic mass is 32.3. The number of nitrogens with zero attached hydrogens (tertiary/aromatic N) is 2. The Morgan fingerprint density at radius 2 is 1.14 bits per heavy atom. The number of thioether (sulfide) groups is 6. The van der Waals surface area contributed by atoms with Crippen LogP contribution in [-0.2, 0) is 0 Å². The maximum absolute atomic E-state index is 5.42. The van der Waals surface area contributed by atoms with Crippen LogP contribution in [0.4, 0.5) is 0 Å². The number of hydrogen-bond donors (Lipinski definition) is 0. The molecule has 2 aliphatic rings. The van der Waals surface area contributed by atoms with Crippen LogP contribution in [0.2, 0.25) is 0 Å². The molecule has 0 spiro atoms. The SMILES string of the molecule is CCCCSC1=C(SCCCC)SC(=C2Sc3c(OC)nnc(OC)c3S2)S1. The van der Waals surface area contributed by atoms with Gasteiger partial charge in [0.25, 0.3) is 0 Å². The van der Waals surface area contributed by atoms with Gasteiger partial charge in [-0.3, -0.25) is 0 Å². The van der Waals surface area contributed by atoms with Gasteiger partial charge in [-0.25, -0.2) is 0 Å². The van der Waals surface area contributed by atoms with Crippen LogP contribution in [0.5, 0.6) is 11.8 Å². The van der Waals surface area contributed by atoms with Gasteiger partial charge in [-0.1, -0.05) is 73.7 Å². The molecule has 28 heavy (non-hydrogen) atoms. The molecule has 2 aliphatic heterocycles. The fraction of sp³-hybridized carbons (Fsp3) is 0.556. The van der Waals surface area contributed by atoms with Gasteiger partial charge in [0.1, 0.15) is 0 Å². The van der Waals surface area contributed by atoms with Crippen molar-refractivity contribution in [1.82, 2.24) is 10.2 Å². The molecule has 1 aromatic rings. The minimum absolute atomic E-state index is 0.569. The molecular weight excluding hydrogens is 469 g/mol. The van der Waals surface area contributed by atoms with Crippen LogP contribution >= 0.6 is 70.6 Å². The molecule has 0 N–H and O–H groups in total. The van der Waals surface area contributed by atoms with Crippen LogP contribution in [0.3, 0.4) is 0 Å². The normalized spacial score (nSPS) is 16.1. The molecule has 0 saturated carbocycles. The third-order valence-corrected chi connectivity index (χ3v) is 12.6. The Hall–Kier alpha value is 0.260. The van der Waals surface area contributed by atoms with Crippen molar-refractivity contribution in [3.8, 4) is 11.8 Å². The van der Waals surface area contributed by atoms with Gasteiger partial charge in [-0.2, -0.15) is 0 Å². The summed E-state index contributed by atoms with van der Waals surface area (Å²) in [5.74, 6) is 3.52. The first-order chi connectivity index (χ1) is 13.7. The molecule has 3 heterocycles. The number of hydrogen-bond acceptors (Lipinski definition) is 10. The fourth-order valence-corrected chi connectivity index (χ4v) is 11.3. The lowest BCUT2D eigenvalue weighted by Gasteiger charge is -2.05. The van der Waals surface area contributed by atoms with E-state index in [1.54, 1.807) is 37.7 Å². The molecule has 0 aromatic carbocycles. The average molecular weight is 493 g/mol. The third-order valence-electron chi connectivity index (χ3n) is 3.77. The lowest BCUT2D eigenvalue weighted by molar-refractivity contribution is 0.347. The van der Waals surface area contributed by atoms with E-state index in [4.69, 9.17) is 9.47 Å². The van der Waals surface area contributed by atoms with Gasteiger partial charge in [0.15, 0.2) is 0 Å². The Bertz CT molecular complexity index is 710. The highest BCUT2D eigenvalue weighted by molar-refractivity contribution is 8.42. The van der Waals surface area contributed by atoms with Crippen molar-refractivity contribution >= 4 is 70.6 Å². The first kappa shape index (κ1) is 22.9. The topological polar surface area (TPSA) is 44.2 Å². The molecule has 0 bridgehead atoms. The van der Waals surface area contributed by atoms with Crippen LogP contribution in [0.1, 0.15) is 39.5 Å². The van der Waals surface area contributed by atoms with Crippen molar-refractivity contribution in [3.63, 3.8) is 0 Å². The number of methoxy groups -OCH3 is 2. The summed E-state index contributed by atoms with van der Waals surface area (Å²) in [6.07, 6.45) is 5.01. The monoisotopic (exact) mass is 492 g/mol. The van der Waals surface area contributed by atoms with Crippen molar-refractivity contribution in [3.05, 3.63) is 16.9 Å². The Morgan fingerprint density at radius 1 is 0.714 bits per heavy atom. The van der Waals surface area contributed by atoms with E-state index in [2.05, 4.69) is 24.0 Å². The number of unbranched alkanes of at least 4 members (excludes halogenated alkanes) is 2. The standard InChI is InChI=1S/C18H24N2O2S6/c1-5-7-9-23-15-16(24-10-8-6-2)28-18(27-15)17-25-11-12(26-17)14(22-4)20-19-13(11)21-3/h5-10H2,1-4H3. The second-order valence-electron chi connectivity index (χ2n) is 5.84.